The van der Waals surface area contributed by atoms with Crippen molar-refractivity contribution < 1.29 is 22.0 Å². The van der Waals surface area contributed by atoms with Gasteiger partial charge in [0.15, 0.2) is 0 Å². The maximum Gasteiger partial charge on any atom is 0.239 e. The highest BCUT2D eigenvalue weighted by molar-refractivity contribution is 7.88. The van der Waals surface area contributed by atoms with E-state index in [9.17, 15) is 22.0 Å². The van der Waals surface area contributed by atoms with Crippen molar-refractivity contribution in [1.29, 1.82) is 0 Å². The van der Waals surface area contributed by atoms with Crippen LogP contribution in [0.2, 0.25) is 5.02 Å². The van der Waals surface area contributed by atoms with Gasteiger partial charge in [-0.05, 0) is 35.9 Å². The molecule has 2 N–H and O–H groups in total. The summed E-state index contributed by atoms with van der Waals surface area (Å²) in [4.78, 5) is 11.7. The summed E-state index contributed by atoms with van der Waals surface area (Å²) in [6.07, 6.45) is 0. The monoisotopic (exact) mass is 374 g/mol. The SMILES string of the molecule is O=C(CNS(=O)(=O)Cc1ccc(F)cc1)Nc1ccc(F)c(Cl)c1. The third-order valence-corrected chi connectivity index (χ3v) is 4.51. The lowest BCUT2D eigenvalue weighted by Gasteiger charge is -2.08. The molecule has 2 aromatic carbocycles. The van der Waals surface area contributed by atoms with E-state index in [1.165, 1.54) is 24.3 Å². The molecule has 0 aromatic heterocycles. The van der Waals surface area contributed by atoms with Crippen molar-refractivity contribution >= 4 is 33.2 Å². The summed E-state index contributed by atoms with van der Waals surface area (Å²) in [5, 5.41) is 2.22. The molecule has 0 aliphatic heterocycles. The summed E-state index contributed by atoms with van der Waals surface area (Å²) in [6.45, 7) is -0.501. The third-order valence-electron chi connectivity index (χ3n) is 2.93. The molecular weight excluding hydrogens is 362 g/mol. The largest absolute Gasteiger partial charge is 0.325 e. The summed E-state index contributed by atoms with van der Waals surface area (Å²) in [6, 6.07) is 8.57. The first kappa shape index (κ1) is 18.3. The number of benzene rings is 2. The number of hydrogen-bond acceptors (Lipinski definition) is 3. The molecule has 0 atom stereocenters. The number of amides is 1. The van der Waals surface area contributed by atoms with Gasteiger partial charge in [-0.3, -0.25) is 4.79 Å². The molecule has 5 nitrogen and oxygen atoms in total. The number of sulfonamides is 1. The van der Waals surface area contributed by atoms with Crippen LogP contribution in [0.3, 0.4) is 0 Å². The molecular formula is C15H13ClF2N2O3S. The fraction of sp³-hybridized carbons (Fsp3) is 0.133. The molecule has 0 radical (unpaired) electrons. The zero-order valence-corrected chi connectivity index (χ0v) is 13.8. The highest BCUT2D eigenvalue weighted by atomic mass is 35.5. The number of halogens is 3. The molecule has 0 spiro atoms. The van der Waals surface area contributed by atoms with Gasteiger partial charge in [-0.25, -0.2) is 21.9 Å². The Kier molecular flexibility index (Phi) is 5.87. The Morgan fingerprint density at radius 3 is 2.38 bits per heavy atom. The van der Waals surface area contributed by atoms with Crippen LogP contribution in [-0.2, 0) is 20.6 Å². The van der Waals surface area contributed by atoms with Crippen molar-refractivity contribution in [1.82, 2.24) is 4.72 Å². The van der Waals surface area contributed by atoms with Crippen LogP contribution >= 0.6 is 11.6 Å². The summed E-state index contributed by atoms with van der Waals surface area (Å²) < 4.78 is 51.7. The lowest BCUT2D eigenvalue weighted by Crippen LogP contribution is -2.33. The maximum absolute atomic E-state index is 13.0. The summed E-state index contributed by atoms with van der Waals surface area (Å²) >= 11 is 5.58. The van der Waals surface area contributed by atoms with Gasteiger partial charge in [-0.15, -0.1) is 0 Å². The fourth-order valence-electron chi connectivity index (χ4n) is 1.81. The van der Waals surface area contributed by atoms with Crippen LogP contribution in [0.15, 0.2) is 42.5 Å². The van der Waals surface area contributed by atoms with Crippen molar-refractivity contribution in [2.75, 3.05) is 11.9 Å². The number of rotatable bonds is 6. The molecule has 9 heteroatoms. The Bertz CT molecular complexity index is 842. The number of carbonyl (C=O) groups is 1. The second-order valence-electron chi connectivity index (χ2n) is 4.88. The molecule has 128 valence electrons. The lowest BCUT2D eigenvalue weighted by molar-refractivity contribution is -0.115. The molecule has 0 heterocycles. The maximum atomic E-state index is 13.0. The van der Waals surface area contributed by atoms with Crippen LogP contribution in [0.4, 0.5) is 14.5 Å². The highest BCUT2D eigenvalue weighted by Crippen LogP contribution is 2.19. The second kappa shape index (κ2) is 7.69. The molecule has 24 heavy (non-hydrogen) atoms. The van der Waals surface area contributed by atoms with E-state index >= 15 is 0 Å². The van der Waals surface area contributed by atoms with Gasteiger partial charge in [0.2, 0.25) is 15.9 Å². The second-order valence-corrected chi connectivity index (χ2v) is 7.10. The van der Waals surface area contributed by atoms with Crippen molar-refractivity contribution in [2.45, 2.75) is 5.75 Å². The first-order chi connectivity index (χ1) is 11.2. The average molecular weight is 375 g/mol. The van der Waals surface area contributed by atoms with Crippen molar-refractivity contribution in [2.24, 2.45) is 0 Å². The summed E-state index contributed by atoms with van der Waals surface area (Å²) in [5.74, 6) is -2.13. The van der Waals surface area contributed by atoms with Crippen molar-refractivity contribution in [3.05, 3.63) is 64.7 Å². The van der Waals surface area contributed by atoms with Crippen LogP contribution in [0.1, 0.15) is 5.56 Å². The molecule has 0 unspecified atom stereocenters. The van der Waals surface area contributed by atoms with Gasteiger partial charge < -0.3 is 5.32 Å². The molecule has 0 saturated carbocycles. The molecule has 1 amide bonds. The Morgan fingerprint density at radius 2 is 1.75 bits per heavy atom. The van der Waals surface area contributed by atoms with Crippen LogP contribution in [0, 0.1) is 11.6 Å². The van der Waals surface area contributed by atoms with Crippen molar-refractivity contribution in [3.8, 4) is 0 Å². The molecule has 2 aromatic rings. The Morgan fingerprint density at radius 1 is 1.08 bits per heavy atom. The zero-order chi connectivity index (χ0) is 17.7. The molecule has 0 saturated heterocycles. The molecule has 0 aliphatic rings. The molecule has 0 bridgehead atoms. The van der Waals surface area contributed by atoms with E-state index in [4.69, 9.17) is 11.6 Å². The van der Waals surface area contributed by atoms with Gasteiger partial charge in [0.05, 0.1) is 17.3 Å². The van der Waals surface area contributed by atoms with E-state index in [1.807, 2.05) is 0 Å². The quantitative estimate of drug-likeness (QED) is 0.816. The van der Waals surface area contributed by atoms with Gasteiger partial charge in [-0.1, -0.05) is 23.7 Å². The molecule has 0 aliphatic carbocycles. The van der Waals surface area contributed by atoms with Gasteiger partial charge in [0, 0.05) is 5.69 Å². The normalized spacial score (nSPS) is 11.3. The number of nitrogens with one attached hydrogen (secondary N) is 2. The fourth-order valence-corrected chi connectivity index (χ4v) is 3.07. The van der Waals surface area contributed by atoms with E-state index in [-0.39, 0.29) is 16.5 Å². The first-order valence-corrected chi connectivity index (χ1v) is 8.75. The Labute approximate surface area is 142 Å². The summed E-state index contributed by atoms with van der Waals surface area (Å²) in [5.41, 5.74) is 0.624. The van der Waals surface area contributed by atoms with E-state index in [0.717, 1.165) is 18.2 Å². The lowest BCUT2D eigenvalue weighted by atomic mass is 10.2. The number of carbonyl (C=O) groups excluding carboxylic acids is 1. The van der Waals surface area contributed by atoms with Crippen LogP contribution in [0.5, 0.6) is 0 Å². The first-order valence-electron chi connectivity index (χ1n) is 6.72. The smallest absolute Gasteiger partial charge is 0.239 e. The van der Waals surface area contributed by atoms with E-state index in [1.54, 1.807) is 0 Å². The van der Waals surface area contributed by atoms with Gasteiger partial charge in [0.1, 0.15) is 11.6 Å². The topological polar surface area (TPSA) is 75.3 Å². The summed E-state index contributed by atoms with van der Waals surface area (Å²) in [7, 11) is -3.77. The minimum Gasteiger partial charge on any atom is -0.325 e. The van der Waals surface area contributed by atoms with Crippen LogP contribution in [-0.4, -0.2) is 20.9 Å². The Balaban J connectivity index is 1.89. The number of anilines is 1. The Hall–Kier alpha value is -2.03. The predicted molar refractivity (Wildman–Crippen MR) is 87.1 cm³/mol. The number of hydrogen-bond donors (Lipinski definition) is 2. The van der Waals surface area contributed by atoms with Crippen LogP contribution < -0.4 is 10.0 Å². The minimum atomic E-state index is -3.77. The zero-order valence-electron chi connectivity index (χ0n) is 12.2. The van der Waals surface area contributed by atoms with Gasteiger partial charge in [-0.2, -0.15) is 0 Å². The minimum absolute atomic E-state index is 0.162. The highest BCUT2D eigenvalue weighted by Gasteiger charge is 2.14. The van der Waals surface area contributed by atoms with E-state index < -0.39 is 34.1 Å². The standard InChI is InChI=1S/C15H13ClF2N2O3S/c16-13-7-12(5-6-14(13)18)20-15(21)8-19-24(22,23)9-10-1-3-11(17)4-2-10/h1-7,19H,8-9H2,(H,20,21). The van der Waals surface area contributed by atoms with Gasteiger partial charge >= 0.3 is 0 Å². The molecule has 0 fully saturated rings. The van der Waals surface area contributed by atoms with Crippen LogP contribution in [0.25, 0.3) is 0 Å². The predicted octanol–water partition coefficient (Wildman–Crippen LogP) is 2.68. The third kappa shape index (κ3) is 5.55. The average Bonchev–Trinajstić information content (AvgIpc) is 2.51. The van der Waals surface area contributed by atoms with Gasteiger partial charge in [0.25, 0.3) is 0 Å². The molecule has 2 rings (SSSR count). The van der Waals surface area contributed by atoms with Crippen molar-refractivity contribution in [3.63, 3.8) is 0 Å². The van der Waals surface area contributed by atoms with E-state index in [2.05, 4.69) is 10.0 Å². The van der Waals surface area contributed by atoms with E-state index in [0.29, 0.717) is 5.56 Å².